The average Bonchev–Trinajstić information content (AvgIpc) is 2.24. The van der Waals surface area contributed by atoms with E-state index in [4.69, 9.17) is 22.0 Å². The van der Waals surface area contributed by atoms with Crippen molar-refractivity contribution in [2.45, 2.75) is 0 Å². The summed E-state index contributed by atoms with van der Waals surface area (Å²) in [7, 11) is 0. The Bertz CT molecular complexity index is 338. The van der Waals surface area contributed by atoms with E-state index < -0.39 is 11.8 Å². The minimum absolute atomic E-state index is 0.0874. The Kier molecular flexibility index (Phi) is 7.86. The predicted octanol–water partition coefficient (Wildman–Crippen LogP) is -2.39. The number of hydrogen-bond acceptors (Lipinski definition) is 6. The smallest absolute Gasteiger partial charge is 0.231 e. The second-order valence-corrected chi connectivity index (χ2v) is 3.67. The number of primary amides is 2. The van der Waals surface area contributed by atoms with Crippen LogP contribution in [0.15, 0.2) is 0 Å². The third kappa shape index (κ3) is 8.05. The van der Waals surface area contributed by atoms with Gasteiger partial charge in [0.2, 0.25) is 11.8 Å². The molecule has 0 aromatic carbocycles. The van der Waals surface area contributed by atoms with Gasteiger partial charge in [0.25, 0.3) is 0 Å². The van der Waals surface area contributed by atoms with Gasteiger partial charge in [0.05, 0.1) is 38.3 Å². The Labute approximate surface area is 105 Å². The van der Waals surface area contributed by atoms with Gasteiger partial charge in [-0.05, 0) is 0 Å². The van der Waals surface area contributed by atoms with Crippen LogP contribution in [0.1, 0.15) is 0 Å². The molecule has 0 spiro atoms. The molecule has 0 aromatic rings. The number of rotatable bonds is 9. The summed E-state index contributed by atoms with van der Waals surface area (Å²) in [6.07, 6.45) is 0. The van der Waals surface area contributed by atoms with Crippen LogP contribution in [0.5, 0.6) is 0 Å². The van der Waals surface area contributed by atoms with Crippen LogP contribution in [0.3, 0.4) is 0 Å². The monoisotopic (exact) mass is 252 g/mol. The van der Waals surface area contributed by atoms with Crippen LogP contribution in [-0.2, 0) is 9.59 Å². The van der Waals surface area contributed by atoms with E-state index in [0.717, 1.165) is 0 Å². The van der Waals surface area contributed by atoms with Crippen molar-refractivity contribution in [3.05, 3.63) is 0 Å². The maximum atomic E-state index is 10.8. The van der Waals surface area contributed by atoms with Gasteiger partial charge in [-0.15, -0.1) is 0 Å². The fourth-order valence-corrected chi connectivity index (χ4v) is 1.35. The predicted molar refractivity (Wildman–Crippen MR) is 62.5 cm³/mol. The van der Waals surface area contributed by atoms with Crippen LogP contribution in [0.4, 0.5) is 0 Å². The van der Waals surface area contributed by atoms with E-state index in [1.165, 1.54) is 4.90 Å². The molecule has 0 radical (unpaired) electrons. The molecule has 0 rings (SSSR count). The van der Waals surface area contributed by atoms with Gasteiger partial charge in [0, 0.05) is 13.1 Å². The highest BCUT2D eigenvalue weighted by molar-refractivity contribution is 5.79. The first-order chi connectivity index (χ1) is 8.49. The summed E-state index contributed by atoms with van der Waals surface area (Å²) in [5.74, 6) is -1.13. The fourth-order valence-electron chi connectivity index (χ4n) is 1.35. The Morgan fingerprint density at radius 1 is 0.889 bits per heavy atom. The van der Waals surface area contributed by atoms with Crippen molar-refractivity contribution in [1.82, 2.24) is 9.80 Å². The third-order valence-electron chi connectivity index (χ3n) is 2.08. The third-order valence-corrected chi connectivity index (χ3v) is 2.08. The zero-order chi connectivity index (χ0) is 14.0. The molecular formula is C10H16N6O2. The number of nitriles is 2. The molecule has 0 saturated carbocycles. The highest BCUT2D eigenvalue weighted by Gasteiger charge is 2.13. The number of hydrogen-bond donors (Lipinski definition) is 2. The van der Waals surface area contributed by atoms with Gasteiger partial charge < -0.3 is 11.5 Å². The van der Waals surface area contributed by atoms with Crippen molar-refractivity contribution in [3.63, 3.8) is 0 Å². The van der Waals surface area contributed by atoms with Crippen molar-refractivity contribution in [3.8, 4) is 12.1 Å². The van der Waals surface area contributed by atoms with Crippen molar-refractivity contribution in [2.24, 2.45) is 11.5 Å². The van der Waals surface area contributed by atoms with Gasteiger partial charge in [0.15, 0.2) is 0 Å². The molecule has 0 aliphatic heterocycles. The maximum Gasteiger partial charge on any atom is 0.231 e. The lowest BCUT2D eigenvalue weighted by atomic mass is 10.4. The molecule has 0 bridgehead atoms. The molecule has 0 saturated heterocycles. The zero-order valence-electron chi connectivity index (χ0n) is 10.0. The fraction of sp³-hybridized carbons (Fsp3) is 0.600. The van der Waals surface area contributed by atoms with Gasteiger partial charge in [-0.3, -0.25) is 19.4 Å². The second kappa shape index (κ2) is 8.93. The minimum atomic E-state index is -0.566. The highest BCUT2D eigenvalue weighted by Crippen LogP contribution is 1.92. The first kappa shape index (κ1) is 15.8. The Morgan fingerprint density at radius 2 is 1.28 bits per heavy atom. The van der Waals surface area contributed by atoms with Crippen LogP contribution in [0.2, 0.25) is 0 Å². The molecule has 8 nitrogen and oxygen atoms in total. The molecule has 0 unspecified atom stereocenters. The first-order valence-electron chi connectivity index (χ1n) is 5.24. The van der Waals surface area contributed by atoms with Crippen molar-refractivity contribution < 1.29 is 9.59 Å². The quantitative estimate of drug-likeness (QED) is 0.438. The summed E-state index contributed by atoms with van der Waals surface area (Å²) in [5.41, 5.74) is 10.1. The maximum absolute atomic E-state index is 10.8. The molecule has 0 heterocycles. The molecule has 18 heavy (non-hydrogen) atoms. The van der Waals surface area contributed by atoms with Crippen LogP contribution >= 0.6 is 0 Å². The summed E-state index contributed by atoms with van der Waals surface area (Å²) in [4.78, 5) is 24.7. The van der Waals surface area contributed by atoms with E-state index in [2.05, 4.69) is 0 Å². The van der Waals surface area contributed by atoms with Crippen LogP contribution in [0, 0.1) is 22.7 Å². The molecule has 0 aliphatic rings. The lowest BCUT2D eigenvalue weighted by Crippen LogP contribution is -2.43. The van der Waals surface area contributed by atoms with Gasteiger partial charge in [0.1, 0.15) is 0 Å². The van der Waals surface area contributed by atoms with E-state index in [9.17, 15) is 9.59 Å². The highest BCUT2D eigenvalue weighted by atomic mass is 16.2. The SMILES string of the molecule is N#CCN(CC#N)CCN(CC(N)=O)CC(N)=O. The van der Waals surface area contributed by atoms with E-state index in [-0.39, 0.29) is 26.2 Å². The Morgan fingerprint density at radius 3 is 1.61 bits per heavy atom. The van der Waals surface area contributed by atoms with Gasteiger partial charge in [-0.2, -0.15) is 10.5 Å². The molecule has 0 aliphatic carbocycles. The number of amides is 2. The van der Waals surface area contributed by atoms with Crippen molar-refractivity contribution in [2.75, 3.05) is 39.3 Å². The standard InChI is InChI=1S/C10H16N6O2/c11-1-3-15(4-2-12)5-6-16(7-9(13)17)8-10(14)18/h3-8H2,(H2,13,17)(H2,14,18). The van der Waals surface area contributed by atoms with Crippen LogP contribution < -0.4 is 11.5 Å². The molecule has 2 amide bonds. The molecule has 98 valence electrons. The topological polar surface area (TPSA) is 140 Å². The first-order valence-corrected chi connectivity index (χ1v) is 5.24. The lowest BCUT2D eigenvalue weighted by molar-refractivity contribution is -0.121. The molecular weight excluding hydrogens is 236 g/mol. The number of carbonyl (C=O) groups is 2. The number of carbonyl (C=O) groups excluding carboxylic acids is 2. The molecule has 0 aromatic heterocycles. The van der Waals surface area contributed by atoms with Crippen LogP contribution in [-0.4, -0.2) is 60.9 Å². The number of nitrogens with zero attached hydrogens (tertiary/aromatic N) is 4. The largest absolute Gasteiger partial charge is 0.369 e. The Hall–Kier alpha value is -2.16. The molecule has 0 atom stereocenters. The summed E-state index contributed by atoms with van der Waals surface area (Å²) >= 11 is 0. The van der Waals surface area contributed by atoms with Gasteiger partial charge >= 0.3 is 0 Å². The zero-order valence-corrected chi connectivity index (χ0v) is 10.0. The van der Waals surface area contributed by atoms with Crippen molar-refractivity contribution in [1.29, 1.82) is 10.5 Å². The minimum Gasteiger partial charge on any atom is -0.369 e. The summed E-state index contributed by atoms with van der Waals surface area (Å²) in [6, 6.07) is 3.86. The van der Waals surface area contributed by atoms with E-state index in [1.54, 1.807) is 4.90 Å². The molecule has 0 fully saturated rings. The second-order valence-electron chi connectivity index (χ2n) is 3.67. The summed E-state index contributed by atoms with van der Waals surface area (Å²) in [6.45, 7) is 0.742. The van der Waals surface area contributed by atoms with Crippen molar-refractivity contribution >= 4 is 11.8 Å². The van der Waals surface area contributed by atoms with Gasteiger partial charge in [-0.25, -0.2) is 0 Å². The van der Waals surface area contributed by atoms with E-state index in [0.29, 0.717) is 13.1 Å². The number of nitrogens with two attached hydrogens (primary N) is 2. The lowest BCUT2D eigenvalue weighted by Gasteiger charge is -2.22. The van der Waals surface area contributed by atoms with E-state index in [1.807, 2.05) is 12.1 Å². The normalized spacial score (nSPS) is 10.0. The summed E-state index contributed by atoms with van der Waals surface area (Å²) < 4.78 is 0. The average molecular weight is 252 g/mol. The molecule has 4 N–H and O–H groups in total. The summed E-state index contributed by atoms with van der Waals surface area (Å²) in [5, 5.41) is 17.1. The Balaban J connectivity index is 4.30. The van der Waals surface area contributed by atoms with E-state index >= 15 is 0 Å². The molecule has 8 heteroatoms. The van der Waals surface area contributed by atoms with Crippen LogP contribution in [0.25, 0.3) is 0 Å². The van der Waals surface area contributed by atoms with Gasteiger partial charge in [-0.1, -0.05) is 0 Å².